The van der Waals surface area contributed by atoms with Crippen molar-refractivity contribution in [2.45, 2.75) is 18.9 Å². The molecule has 0 unspecified atom stereocenters. The fraction of sp³-hybridized carbons (Fsp3) is 0.538. The summed E-state index contributed by atoms with van der Waals surface area (Å²) in [5.41, 5.74) is 6.79. The van der Waals surface area contributed by atoms with Gasteiger partial charge in [0.2, 0.25) is 0 Å². The third kappa shape index (κ3) is 2.61. The Morgan fingerprint density at radius 1 is 1.50 bits per heavy atom. The first-order valence-electron chi connectivity index (χ1n) is 6.25. The third-order valence-corrected chi connectivity index (χ3v) is 3.64. The van der Waals surface area contributed by atoms with E-state index in [0.29, 0.717) is 17.3 Å². The minimum atomic E-state index is -0.00977. The van der Waals surface area contributed by atoms with Gasteiger partial charge in [0, 0.05) is 19.3 Å². The van der Waals surface area contributed by atoms with Gasteiger partial charge in [-0.15, -0.1) is 0 Å². The van der Waals surface area contributed by atoms with Crippen LogP contribution in [0.3, 0.4) is 0 Å². The molecular formula is C13H20N4O. The molecule has 18 heavy (non-hydrogen) atoms. The van der Waals surface area contributed by atoms with E-state index < -0.39 is 0 Å². The van der Waals surface area contributed by atoms with Gasteiger partial charge in [0.25, 0.3) is 5.91 Å². The molecule has 0 aliphatic carbocycles. The smallest absolute Gasteiger partial charge is 0.256 e. The number of nitrogens with two attached hydrogens (primary N) is 1. The summed E-state index contributed by atoms with van der Waals surface area (Å²) in [5, 5.41) is 0. The summed E-state index contributed by atoms with van der Waals surface area (Å²) < 4.78 is 0. The van der Waals surface area contributed by atoms with Crippen LogP contribution in [0, 0.1) is 0 Å². The third-order valence-electron chi connectivity index (χ3n) is 3.64. The number of pyridine rings is 1. The number of rotatable bonds is 2. The zero-order valence-electron chi connectivity index (χ0n) is 11.0. The summed E-state index contributed by atoms with van der Waals surface area (Å²) in [5.74, 6) is -0.00977. The van der Waals surface area contributed by atoms with Crippen LogP contribution in [-0.4, -0.2) is 53.9 Å². The number of hydrogen-bond acceptors (Lipinski definition) is 4. The van der Waals surface area contributed by atoms with E-state index in [1.54, 1.807) is 12.3 Å². The van der Waals surface area contributed by atoms with Crippen molar-refractivity contribution in [1.29, 1.82) is 0 Å². The van der Waals surface area contributed by atoms with Crippen LogP contribution in [0.1, 0.15) is 23.2 Å². The number of carbonyl (C=O) groups excluding carboxylic acids is 1. The van der Waals surface area contributed by atoms with Crippen LogP contribution in [0.15, 0.2) is 18.5 Å². The minimum Gasteiger partial charge on any atom is -0.397 e. The second-order valence-corrected chi connectivity index (χ2v) is 4.91. The Morgan fingerprint density at radius 2 is 2.17 bits per heavy atom. The van der Waals surface area contributed by atoms with Crippen molar-refractivity contribution in [2.24, 2.45) is 0 Å². The number of nitrogens with zero attached hydrogens (tertiary/aromatic N) is 3. The molecule has 0 atom stereocenters. The van der Waals surface area contributed by atoms with Gasteiger partial charge in [-0.3, -0.25) is 9.78 Å². The van der Waals surface area contributed by atoms with E-state index in [-0.39, 0.29) is 5.91 Å². The second-order valence-electron chi connectivity index (χ2n) is 4.91. The quantitative estimate of drug-likeness (QED) is 0.842. The molecule has 5 heteroatoms. The number of likely N-dealkylation sites (tertiary alicyclic amines) is 1. The average molecular weight is 248 g/mol. The van der Waals surface area contributed by atoms with Crippen molar-refractivity contribution in [3.63, 3.8) is 0 Å². The highest BCUT2D eigenvalue weighted by molar-refractivity contribution is 5.98. The van der Waals surface area contributed by atoms with Crippen molar-refractivity contribution in [3.05, 3.63) is 24.0 Å². The zero-order valence-corrected chi connectivity index (χ0v) is 11.0. The Labute approximate surface area is 108 Å². The Morgan fingerprint density at radius 3 is 2.78 bits per heavy atom. The Balaban J connectivity index is 2.07. The molecule has 1 saturated heterocycles. The van der Waals surface area contributed by atoms with Gasteiger partial charge in [0.15, 0.2) is 0 Å². The first-order chi connectivity index (χ1) is 8.59. The van der Waals surface area contributed by atoms with Crippen LogP contribution in [0.4, 0.5) is 5.69 Å². The molecule has 2 N–H and O–H groups in total. The van der Waals surface area contributed by atoms with E-state index in [1.165, 1.54) is 6.20 Å². The van der Waals surface area contributed by atoms with E-state index in [4.69, 9.17) is 5.73 Å². The summed E-state index contributed by atoms with van der Waals surface area (Å²) in [6, 6.07) is 1.99. The van der Waals surface area contributed by atoms with Gasteiger partial charge >= 0.3 is 0 Å². The molecule has 0 bridgehead atoms. The molecule has 0 saturated carbocycles. The van der Waals surface area contributed by atoms with Crippen LogP contribution in [0.25, 0.3) is 0 Å². The van der Waals surface area contributed by atoms with Gasteiger partial charge in [-0.05, 0) is 39.0 Å². The summed E-state index contributed by atoms with van der Waals surface area (Å²) in [7, 11) is 3.97. The van der Waals surface area contributed by atoms with Gasteiger partial charge in [0.1, 0.15) is 0 Å². The summed E-state index contributed by atoms with van der Waals surface area (Å²) in [4.78, 5) is 20.4. The SMILES string of the molecule is CN1CCC(N(C)C(=O)c2ccncc2N)CC1. The lowest BCUT2D eigenvalue weighted by atomic mass is 10.0. The molecule has 5 nitrogen and oxygen atoms in total. The predicted octanol–water partition coefficient (Wildman–Crippen LogP) is 0.830. The first kappa shape index (κ1) is 12.8. The highest BCUT2D eigenvalue weighted by Gasteiger charge is 2.25. The summed E-state index contributed by atoms with van der Waals surface area (Å²) >= 11 is 0. The van der Waals surface area contributed by atoms with Gasteiger partial charge in [-0.2, -0.15) is 0 Å². The van der Waals surface area contributed by atoms with E-state index in [1.807, 2.05) is 11.9 Å². The van der Waals surface area contributed by atoms with Crippen LogP contribution >= 0.6 is 0 Å². The predicted molar refractivity (Wildman–Crippen MR) is 71.3 cm³/mol. The van der Waals surface area contributed by atoms with Crippen LogP contribution in [0.2, 0.25) is 0 Å². The largest absolute Gasteiger partial charge is 0.397 e. The Bertz CT molecular complexity index is 427. The fourth-order valence-corrected chi connectivity index (χ4v) is 2.34. The molecule has 0 spiro atoms. The monoisotopic (exact) mass is 248 g/mol. The highest BCUT2D eigenvalue weighted by atomic mass is 16.2. The molecule has 98 valence electrons. The standard InChI is InChI=1S/C13H20N4O/c1-16-7-4-10(5-8-16)17(2)13(18)11-3-6-15-9-12(11)14/h3,6,9-10H,4-5,7-8,14H2,1-2H3. The number of carbonyl (C=O) groups is 1. The molecule has 1 aromatic rings. The molecular weight excluding hydrogens is 228 g/mol. The minimum absolute atomic E-state index is 0.00977. The maximum Gasteiger partial charge on any atom is 0.256 e. The number of amides is 1. The van der Waals surface area contributed by atoms with Crippen molar-refractivity contribution in [1.82, 2.24) is 14.8 Å². The second kappa shape index (κ2) is 5.35. The van der Waals surface area contributed by atoms with Crippen LogP contribution in [0.5, 0.6) is 0 Å². The molecule has 2 rings (SSSR count). The first-order valence-corrected chi connectivity index (χ1v) is 6.25. The molecule has 1 aliphatic rings. The Hall–Kier alpha value is -1.62. The number of aromatic nitrogens is 1. The number of anilines is 1. The zero-order chi connectivity index (χ0) is 13.1. The van der Waals surface area contributed by atoms with Crippen molar-refractivity contribution < 1.29 is 4.79 Å². The number of nitrogen functional groups attached to an aromatic ring is 1. The average Bonchev–Trinajstić information content (AvgIpc) is 2.38. The topological polar surface area (TPSA) is 62.5 Å². The fourth-order valence-electron chi connectivity index (χ4n) is 2.34. The lowest BCUT2D eigenvalue weighted by molar-refractivity contribution is 0.0660. The lowest BCUT2D eigenvalue weighted by Gasteiger charge is -2.35. The molecule has 1 amide bonds. The maximum absolute atomic E-state index is 12.4. The van der Waals surface area contributed by atoms with Gasteiger partial charge in [-0.1, -0.05) is 0 Å². The van der Waals surface area contributed by atoms with Gasteiger partial charge in [0.05, 0.1) is 17.4 Å². The van der Waals surface area contributed by atoms with Gasteiger partial charge < -0.3 is 15.5 Å². The number of piperidine rings is 1. The maximum atomic E-state index is 12.4. The number of hydrogen-bond donors (Lipinski definition) is 1. The molecule has 1 fully saturated rings. The van der Waals surface area contributed by atoms with Crippen LogP contribution in [-0.2, 0) is 0 Å². The van der Waals surface area contributed by atoms with E-state index in [9.17, 15) is 4.79 Å². The lowest BCUT2D eigenvalue weighted by Crippen LogP contribution is -2.44. The highest BCUT2D eigenvalue weighted by Crippen LogP contribution is 2.18. The van der Waals surface area contributed by atoms with Gasteiger partial charge in [-0.25, -0.2) is 0 Å². The van der Waals surface area contributed by atoms with Crippen molar-refractivity contribution in [2.75, 3.05) is 32.9 Å². The normalized spacial score (nSPS) is 17.7. The summed E-state index contributed by atoms with van der Waals surface area (Å²) in [6.07, 6.45) is 5.16. The summed E-state index contributed by atoms with van der Waals surface area (Å²) in [6.45, 7) is 2.07. The molecule has 0 aromatic carbocycles. The molecule has 1 aromatic heterocycles. The van der Waals surface area contributed by atoms with E-state index >= 15 is 0 Å². The van der Waals surface area contributed by atoms with Crippen molar-refractivity contribution in [3.8, 4) is 0 Å². The molecule has 0 radical (unpaired) electrons. The Kier molecular flexibility index (Phi) is 3.81. The van der Waals surface area contributed by atoms with Crippen molar-refractivity contribution >= 4 is 11.6 Å². The van der Waals surface area contributed by atoms with Crippen LogP contribution < -0.4 is 5.73 Å². The van der Waals surface area contributed by atoms with E-state index in [0.717, 1.165) is 25.9 Å². The molecule has 1 aliphatic heterocycles. The molecule has 2 heterocycles. The van der Waals surface area contributed by atoms with E-state index in [2.05, 4.69) is 16.9 Å².